The number of nitrogens with one attached hydrogen (secondary N) is 1. The van der Waals surface area contributed by atoms with E-state index in [1.54, 1.807) is 6.07 Å². The van der Waals surface area contributed by atoms with Gasteiger partial charge in [0.05, 0.1) is 5.92 Å². The molecule has 34 heavy (non-hydrogen) atoms. The van der Waals surface area contributed by atoms with Gasteiger partial charge in [0, 0.05) is 32.4 Å². The first-order chi connectivity index (χ1) is 16.1. The Hall–Kier alpha value is -4.08. The number of halogens is 1. The highest BCUT2D eigenvalue weighted by atomic mass is 19.1. The van der Waals surface area contributed by atoms with E-state index in [0.29, 0.717) is 24.0 Å². The number of rotatable bonds is 8. The van der Waals surface area contributed by atoms with Crippen molar-refractivity contribution in [3.8, 4) is 5.75 Å². The second-order valence-corrected chi connectivity index (χ2v) is 7.99. The van der Waals surface area contributed by atoms with Crippen LogP contribution in [-0.4, -0.2) is 51.1 Å². The third-order valence-corrected chi connectivity index (χ3v) is 5.33. The van der Waals surface area contributed by atoms with Crippen molar-refractivity contribution in [3.63, 3.8) is 0 Å². The minimum absolute atomic E-state index is 0.00408. The lowest BCUT2D eigenvalue weighted by molar-refractivity contribution is -0.143. The predicted molar refractivity (Wildman–Crippen MR) is 122 cm³/mol. The fourth-order valence-corrected chi connectivity index (χ4v) is 3.56. The summed E-state index contributed by atoms with van der Waals surface area (Å²) in [6.45, 7) is 1.86. The van der Waals surface area contributed by atoms with E-state index in [1.807, 2.05) is 6.92 Å². The molecule has 0 aliphatic rings. The van der Waals surface area contributed by atoms with Crippen LogP contribution >= 0.6 is 0 Å². The van der Waals surface area contributed by atoms with Gasteiger partial charge in [-0.1, -0.05) is 31.5 Å². The van der Waals surface area contributed by atoms with Gasteiger partial charge in [0.1, 0.15) is 11.5 Å². The fourth-order valence-electron chi connectivity index (χ4n) is 3.56. The average Bonchev–Trinajstić information content (AvgIpc) is 2.83. The smallest absolute Gasteiger partial charge is 0.300 e. The molecule has 0 aliphatic carbocycles. The number of hydrogen-bond acceptors (Lipinski definition) is 6. The summed E-state index contributed by atoms with van der Waals surface area (Å²) in [4.78, 5) is 56.2. The standard InChI is InChI=1S/C24H25FN4O5/c1-4-6-16(19(30)23(33)28(2)3)17-7-5-12-29-21(17)27-18(20(31)24(29)34)22(32)26-13-14-8-10-15(25)11-9-14/h5,7-12,16,31H,4,6,13H2,1-3H3,(H,26,32). The van der Waals surface area contributed by atoms with Gasteiger partial charge in [-0.3, -0.25) is 23.6 Å². The Kier molecular flexibility index (Phi) is 7.40. The summed E-state index contributed by atoms with van der Waals surface area (Å²) in [5.41, 5.74) is -0.505. The Morgan fingerprint density at radius 1 is 1.18 bits per heavy atom. The van der Waals surface area contributed by atoms with Crippen molar-refractivity contribution in [1.82, 2.24) is 19.6 Å². The number of ketones is 1. The molecule has 0 saturated heterocycles. The van der Waals surface area contributed by atoms with Crippen molar-refractivity contribution in [2.75, 3.05) is 14.1 Å². The van der Waals surface area contributed by atoms with Gasteiger partial charge in [0.2, 0.25) is 11.5 Å². The first-order valence-electron chi connectivity index (χ1n) is 10.7. The van der Waals surface area contributed by atoms with Crippen molar-refractivity contribution in [3.05, 3.63) is 75.6 Å². The summed E-state index contributed by atoms with van der Waals surface area (Å²) >= 11 is 0. The van der Waals surface area contributed by atoms with Crippen LogP contribution in [0.3, 0.4) is 0 Å². The molecule has 9 nitrogen and oxygen atoms in total. The highest BCUT2D eigenvalue weighted by molar-refractivity contribution is 6.38. The SMILES string of the molecule is CCCC(C(=O)C(=O)N(C)C)c1cccn2c(=O)c(O)c(C(=O)NCc3ccc(F)cc3)nc12. The lowest BCUT2D eigenvalue weighted by atomic mass is 9.90. The molecule has 3 aromatic rings. The maximum atomic E-state index is 13.1. The van der Waals surface area contributed by atoms with E-state index in [1.165, 1.54) is 55.5 Å². The molecule has 2 heterocycles. The molecular weight excluding hydrogens is 443 g/mol. The molecule has 10 heteroatoms. The zero-order valence-corrected chi connectivity index (χ0v) is 19.0. The normalized spacial score (nSPS) is 11.8. The number of hydrogen-bond donors (Lipinski definition) is 2. The van der Waals surface area contributed by atoms with Gasteiger partial charge in [-0.25, -0.2) is 9.37 Å². The molecule has 3 rings (SSSR count). The number of Topliss-reactive ketones (excluding diaryl/α,β-unsaturated/α-hetero) is 1. The highest BCUT2D eigenvalue weighted by Gasteiger charge is 2.30. The van der Waals surface area contributed by atoms with E-state index in [-0.39, 0.29) is 12.2 Å². The Balaban J connectivity index is 2.05. The molecule has 2 aromatic heterocycles. The van der Waals surface area contributed by atoms with Gasteiger partial charge in [0.25, 0.3) is 11.8 Å². The van der Waals surface area contributed by atoms with Crippen LogP contribution in [0.15, 0.2) is 47.4 Å². The number of carbonyl (C=O) groups excluding carboxylic acids is 3. The minimum Gasteiger partial charge on any atom is -0.501 e. The maximum absolute atomic E-state index is 13.1. The summed E-state index contributed by atoms with van der Waals surface area (Å²) in [6.07, 6.45) is 2.25. The molecule has 0 aliphatic heterocycles. The van der Waals surface area contributed by atoms with E-state index in [9.17, 15) is 28.7 Å². The topological polar surface area (TPSA) is 121 Å². The van der Waals surface area contributed by atoms with E-state index >= 15 is 0 Å². The third kappa shape index (κ3) is 4.95. The van der Waals surface area contributed by atoms with E-state index in [4.69, 9.17) is 0 Å². The van der Waals surface area contributed by atoms with Crippen molar-refractivity contribution in [2.45, 2.75) is 32.2 Å². The first-order valence-corrected chi connectivity index (χ1v) is 10.7. The summed E-state index contributed by atoms with van der Waals surface area (Å²) < 4.78 is 14.1. The quantitative estimate of drug-likeness (QED) is 0.488. The number of aromatic hydroxyl groups is 1. The van der Waals surface area contributed by atoms with Gasteiger partial charge >= 0.3 is 5.56 Å². The van der Waals surface area contributed by atoms with Crippen LogP contribution in [0.25, 0.3) is 5.65 Å². The van der Waals surface area contributed by atoms with Crippen molar-refractivity contribution >= 4 is 23.2 Å². The van der Waals surface area contributed by atoms with Crippen LogP contribution < -0.4 is 10.9 Å². The molecular formula is C24H25FN4O5. The number of nitrogens with zero attached hydrogens (tertiary/aromatic N) is 3. The molecule has 0 spiro atoms. The molecule has 0 bridgehead atoms. The summed E-state index contributed by atoms with van der Waals surface area (Å²) in [5, 5.41) is 12.9. The molecule has 1 unspecified atom stereocenters. The molecule has 0 fully saturated rings. The fraction of sp³-hybridized carbons (Fsp3) is 0.292. The average molecular weight is 468 g/mol. The maximum Gasteiger partial charge on any atom is 0.300 e. The summed E-state index contributed by atoms with van der Waals surface area (Å²) in [7, 11) is 2.94. The Morgan fingerprint density at radius 2 is 1.85 bits per heavy atom. The van der Waals surface area contributed by atoms with Crippen molar-refractivity contribution in [1.29, 1.82) is 0 Å². The number of carbonyl (C=O) groups is 3. The molecule has 1 atom stereocenters. The monoisotopic (exact) mass is 468 g/mol. The van der Waals surface area contributed by atoms with Gasteiger partial charge in [-0.15, -0.1) is 0 Å². The van der Waals surface area contributed by atoms with Crippen LogP contribution in [0.4, 0.5) is 4.39 Å². The number of aromatic nitrogens is 2. The van der Waals surface area contributed by atoms with Crippen molar-refractivity contribution in [2.24, 2.45) is 0 Å². The Morgan fingerprint density at radius 3 is 2.47 bits per heavy atom. The second kappa shape index (κ2) is 10.2. The number of amides is 2. The number of likely N-dealkylation sites (N-methyl/N-ethyl adjacent to an activating group) is 1. The zero-order valence-electron chi connectivity index (χ0n) is 19.0. The van der Waals surface area contributed by atoms with Crippen LogP contribution in [0.2, 0.25) is 0 Å². The minimum atomic E-state index is -0.889. The first kappa shape index (κ1) is 24.6. The zero-order chi connectivity index (χ0) is 25.0. The van der Waals surface area contributed by atoms with Gasteiger partial charge in [0.15, 0.2) is 5.69 Å². The van der Waals surface area contributed by atoms with E-state index in [2.05, 4.69) is 10.3 Å². The number of fused-ring (bicyclic) bond motifs is 1. The van der Waals surface area contributed by atoms with Gasteiger partial charge < -0.3 is 15.3 Å². The molecule has 0 radical (unpaired) electrons. The predicted octanol–water partition coefficient (Wildman–Crippen LogP) is 2.01. The third-order valence-electron chi connectivity index (χ3n) is 5.33. The lowest BCUT2D eigenvalue weighted by Gasteiger charge is -2.19. The molecule has 0 saturated carbocycles. The molecule has 178 valence electrons. The summed E-state index contributed by atoms with van der Waals surface area (Å²) in [6, 6.07) is 8.53. The largest absolute Gasteiger partial charge is 0.501 e. The second-order valence-electron chi connectivity index (χ2n) is 7.99. The van der Waals surface area contributed by atoms with Crippen molar-refractivity contribution < 1.29 is 23.9 Å². The molecule has 2 amide bonds. The number of pyridine rings is 1. The Bertz CT molecular complexity index is 1300. The Labute approximate surface area is 194 Å². The molecule has 1 aromatic carbocycles. The van der Waals surface area contributed by atoms with Crippen LogP contribution in [0.5, 0.6) is 5.75 Å². The van der Waals surface area contributed by atoms with E-state index < -0.39 is 46.3 Å². The van der Waals surface area contributed by atoms with Crippen LogP contribution in [-0.2, 0) is 16.1 Å². The summed E-state index contributed by atoms with van der Waals surface area (Å²) in [5.74, 6) is -4.34. The van der Waals surface area contributed by atoms with Gasteiger partial charge in [-0.05, 0) is 30.2 Å². The highest BCUT2D eigenvalue weighted by Crippen LogP contribution is 2.27. The van der Waals surface area contributed by atoms with Gasteiger partial charge in [-0.2, -0.15) is 0 Å². The van der Waals surface area contributed by atoms with Crippen LogP contribution in [0, 0.1) is 5.82 Å². The number of benzene rings is 1. The van der Waals surface area contributed by atoms with Crippen LogP contribution in [0.1, 0.15) is 47.3 Å². The van der Waals surface area contributed by atoms with E-state index in [0.717, 1.165) is 4.40 Å². The molecule has 2 N–H and O–H groups in total. The lowest BCUT2D eigenvalue weighted by Crippen LogP contribution is -2.34.